The molecule has 1 aliphatic rings. The van der Waals surface area contributed by atoms with Crippen LogP contribution < -0.4 is 4.57 Å². The van der Waals surface area contributed by atoms with Gasteiger partial charge in [0, 0.05) is 5.41 Å². The summed E-state index contributed by atoms with van der Waals surface area (Å²) in [4.78, 5) is 0. The largest absolute Gasteiger partial charge is 0.297 e. The van der Waals surface area contributed by atoms with Crippen LogP contribution >= 0.6 is 23.1 Å². The van der Waals surface area contributed by atoms with Crippen LogP contribution in [0, 0.1) is 0 Å². The van der Waals surface area contributed by atoms with E-state index in [9.17, 15) is 0 Å². The molecule has 0 bridgehead atoms. The quantitative estimate of drug-likeness (QED) is 0.582. The standard InChI is InChI=1S/C9H14NS2/c1-9(2,3)7-6-12-8-10(7)4-5-11-8/h6H,4-5H2,1-3H3/q+1. The summed E-state index contributed by atoms with van der Waals surface area (Å²) in [5, 5.41) is 2.31. The van der Waals surface area contributed by atoms with Crippen LogP contribution in [0.2, 0.25) is 0 Å². The lowest BCUT2D eigenvalue weighted by Gasteiger charge is -2.12. The van der Waals surface area contributed by atoms with Crippen molar-refractivity contribution in [2.75, 3.05) is 5.75 Å². The van der Waals surface area contributed by atoms with Crippen molar-refractivity contribution in [3.8, 4) is 0 Å². The van der Waals surface area contributed by atoms with Gasteiger partial charge in [0.25, 0.3) is 4.34 Å². The highest BCUT2D eigenvalue weighted by Gasteiger charge is 2.33. The Bertz CT molecular complexity index is 296. The lowest BCUT2D eigenvalue weighted by molar-refractivity contribution is -0.726. The summed E-state index contributed by atoms with van der Waals surface area (Å²) in [7, 11) is 0. The molecule has 12 heavy (non-hydrogen) atoms. The predicted octanol–water partition coefficient (Wildman–Crippen LogP) is 2.44. The number of hydrogen-bond donors (Lipinski definition) is 0. The first-order valence-electron chi connectivity index (χ1n) is 4.23. The topological polar surface area (TPSA) is 3.88 Å². The first-order valence-corrected chi connectivity index (χ1v) is 6.10. The molecule has 1 nitrogen and oxygen atoms in total. The van der Waals surface area contributed by atoms with E-state index in [1.165, 1.54) is 22.3 Å². The first-order chi connectivity index (χ1) is 5.59. The number of aromatic nitrogens is 1. The third-order valence-corrected chi connectivity index (χ3v) is 4.35. The summed E-state index contributed by atoms with van der Waals surface area (Å²) < 4.78 is 3.95. The van der Waals surface area contributed by atoms with Gasteiger partial charge in [-0.1, -0.05) is 32.1 Å². The highest BCUT2D eigenvalue weighted by atomic mass is 32.2. The molecule has 0 unspecified atom stereocenters. The Morgan fingerprint density at radius 1 is 1.42 bits per heavy atom. The van der Waals surface area contributed by atoms with Crippen molar-refractivity contribution in [2.24, 2.45) is 0 Å². The Hall–Kier alpha value is -0.0200. The zero-order valence-electron chi connectivity index (χ0n) is 7.76. The number of thiazole rings is 1. The van der Waals surface area contributed by atoms with E-state index >= 15 is 0 Å². The number of nitrogens with zero attached hydrogens (tertiary/aromatic N) is 1. The SMILES string of the molecule is CC(C)(C)c1csc2[n+]1CCS2. The van der Waals surface area contributed by atoms with Crippen molar-refractivity contribution < 1.29 is 4.57 Å². The van der Waals surface area contributed by atoms with Crippen molar-refractivity contribution in [1.29, 1.82) is 0 Å². The van der Waals surface area contributed by atoms with E-state index in [0.717, 1.165) is 0 Å². The zero-order valence-corrected chi connectivity index (χ0v) is 9.39. The average molecular weight is 200 g/mol. The number of rotatable bonds is 0. The Labute approximate surface area is 81.8 Å². The molecular weight excluding hydrogens is 186 g/mol. The fourth-order valence-electron chi connectivity index (χ4n) is 1.46. The smallest absolute Gasteiger partial charge is 0.179 e. The Kier molecular flexibility index (Phi) is 1.96. The van der Waals surface area contributed by atoms with Crippen LogP contribution in [-0.4, -0.2) is 5.75 Å². The minimum atomic E-state index is 0.305. The second kappa shape index (κ2) is 2.74. The molecule has 66 valence electrons. The van der Waals surface area contributed by atoms with Gasteiger partial charge in [0.05, 0.1) is 11.1 Å². The molecule has 0 atom stereocenters. The second-order valence-corrected chi connectivity index (χ2v) is 6.34. The average Bonchev–Trinajstić information content (AvgIpc) is 2.37. The third-order valence-electron chi connectivity index (χ3n) is 2.09. The zero-order chi connectivity index (χ0) is 8.77. The van der Waals surface area contributed by atoms with Crippen molar-refractivity contribution in [2.45, 2.75) is 37.1 Å². The first kappa shape index (κ1) is 8.57. The maximum absolute atomic E-state index is 2.47. The Balaban J connectivity index is 2.46. The van der Waals surface area contributed by atoms with E-state index in [4.69, 9.17) is 0 Å². The van der Waals surface area contributed by atoms with Crippen LogP contribution in [0.4, 0.5) is 0 Å². The molecule has 0 saturated heterocycles. The van der Waals surface area contributed by atoms with E-state index in [1.54, 1.807) is 0 Å². The normalized spacial score (nSPS) is 16.6. The summed E-state index contributed by atoms with van der Waals surface area (Å²) in [6.07, 6.45) is 0. The molecule has 3 heteroatoms. The van der Waals surface area contributed by atoms with Crippen molar-refractivity contribution in [3.05, 3.63) is 11.1 Å². The van der Waals surface area contributed by atoms with Gasteiger partial charge in [-0.15, -0.1) is 0 Å². The molecule has 0 aromatic carbocycles. The molecule has 0 radical (unpaired) electrons. The fourth-order valence-corrected chi connectivity index (χ4v) is 3.93. The van der Waals surface area contributed by atoms with Gasteiger partial charge in [-0.25, -0.2) is 0 Å². The third kappa shape index (κ3) is 1.29. The maximum Gasteiger partial charge on any atom is 0.297 e. The number of hydrogen-bond acceptors (Lipinski definition) is 2. The van der Waals surface area contributed by atoms with Gasteiger partial charge < -0.3 is 0 Å². The minimum Gasteiger partial charge on any atom is -0.179 e. The van der Waals surface area contributed by atoms with Gasteiger partial charge in [-0.3, -0.25) is 0 Å². The van der Waals surface area contributed by atoms with Gasteiger partial charge in [0.1, 0.15) is 0 Å². The number of thioether (sulfide) groups is 1. The van der Waals surface area contributed by atoms with Gasteiger partial charge in [0.15, 0.2) is 12.2 Å². The molecule has 2 rings (SSSR count). The van der Waals surface area contributed by atoms with Crippen LogP contribution in [-0.2, 0) is 12.0 Å². The van der Waals surface area contributed by atoms with Gasteiger partial charge in [0.2, 0.25) is 0 Å². The minimum absolute atomic E-state index is 0.305. The van der Waals surface area contributed by atoms with Crippen molar-refractivity contribution >= 4 is 23.1 Å². The molecule has 0 fully saturated rings. The summed E-state index contributed by atoms with van der Waals surface area (Å²) >= 11 is 3.88. The molecule has 2 heterocycles. The Morgan fingerprint density at radius 3 is 2.83 bits per heavy atom. The molecule has 0 saturated carbocycles. The van der Waals surface area contributed by atoms with Gasteiger partial charge in [-0.05, 0) is 11.8 Å². The molecule has 0 spiro atoms. The van der Waals surface area contributed by atoms with E-state index in [1.807, 2.05) is 23.1 Å². The lowest BCUT2D eigenvalue weighted by atomic mass is 9.93. The van der Waals surface area contributed by atoms with E-state index in [2.05, 4.69) is 30.7 Å². The van der Waals surface area contributed by atoms with Crippen LogP contribution in [0.1, 0.15) is 26.5 Å². The maximum atomic E-state index is 2.47. The molecular formula is C9H14NS2+. The number of fused-ring (bicyclic) bond motifs is 1. The highest BCUT2D eigenvalue weighted by molar-refractivity contribution is 8.01. The Morgan fingerprint density at radius 2 is 2.17 bits per heavy atom. The molecule has 0 N–H and O–H groups in total. The highest BCUT2D eigenvalue weighted by Crippen LogP contribution is 2.30. The van der Waals surface area contributed by atoms with Gasteiger partial charge in [-0.2, -0.15) is 4.57 Å². The molecule has 0 amide bonds. The molecule has 1 aliphatic heterocycles. The van der Waals surface area contributed by atoms with Crippen molar-refractivity contribution in [1.82, 2.24) is 0 Å². The van der Waals surface area contributed by atoms with Gasteiger partial charge >= 0.3 is 0 Å². The van der Waals surface area contributed by atoms with E-state index < -0.39 is 0 Å². The van der Waals surface area contributed by atoms with E-state index in [0.29, 0.717) is 5.41 Å². The van der Waals surface area contributed by atoms with Crippen LogP contribution in [0.15, 0.2) is 9.72 Å². The summed E-state index contributed by atoms with van der Waals surface area (Å²) in [5.74, 6) is 1.26. The fraction of sp³-hybridized carbons (Fsp3) is 0.667. The van der Waals surface area contributed by atoms with Crippen LogP contribution in [0.5, 0.6) is 0 Å². The lowest BCUT2D eigenvalue weighted by Crippen LogP contribution is -2.40. The molecule has 1 aromatic rings. The molecule has 0 aliphatic carbocycles. The van der Waals surface area contributed by atoms with E-state index in [-0.39, 0.29) is 0 Å². The summed E-state index contributed by atoms with van der Waals surface area (Å²) in [5.41, 5.74) is 1.80. The second-order valence-electron chi connectivity index (χ2n) is 4.14. The van der Waals surface area contributed by atoms with Crippen LogP contribution in [0.3, 0.4) is 0 Å². The van der Waals surface area contributed by atoms with Crippen LogP contribution in [0.25, 0.3) is 0 Å². The predicted molar refractivity (Wildman–Crippen MR) is 53.9 cm³/mol. The summed E-state index contributed by atoms with van der Waals surface area (Å²) in [6, 6.07) is 0. The monoisotopic (exact) mass is 200 g/mol. The molecule has 1 aromatic heterocycles. The summed E-state index contributed by atoms with van der Waals surface area (Å²) in [6.45, 7) is 8.05. The van der Waals surface area contributed by atoms with Crippen molar-refractivity contribution in [3.63, 3.8) is 0 Å².